The van der Waals surface area contributed by atoms with Gasteiger partial charge in [-0.3, -0.25) is 14.3 Å². The molecule has 1 aromatic carbocycles. The lowest BCUT2D eigenvalue weighted by Gasteiger charge is -2.33. The van der Waals surface area contributed by atoms with Gasteiger partial charge in [0.25, 0.3) is 0 Å². The summed E-state index contributed by atoms with van der Waals surface area (Å²) in [7, 11) is 1.82. The van der Waals surface area contributed by atoms with Crippen LogP contribution in [0.15, 0.2) is 53.7 Å². The quantitative estimate of drug-likeness (QED) is 0.469. The first kappa shape index (κ1) is 20.6. The average Bonchev–Trinajstić information content (AvgIpc) is 3.19. The predicted molar refractivity (Wildman–Crippen MR) is 121 cm³/mol. The van der Waals surface area contributed by atoms with Crippen LogP contribution in [0, 0.1) is 0 Å². The van der Waals surface area contributed by atoms with Gasteiger partial charge in [-0.05, 0) is 42.7 Å². The molecule has 3 aromatic rings. The molecule has 0 amide bonds. The van der Waals surface area contributed by atoms with Crippen LogP contribution in [0.5, 0.6) is 0 Å². The van der Waals surface area contributed by atoms with Gasteiger partial charge in [0.1, 0.15) is 5.82 Å². The van der Waals surface area contributed by atoms with E-state index >= 15 is 0 Å². The number of rotatable bonds is 6. The predicted octanol–water partition coefficient (Wildman–Crippen LogP) is 2.75. The van der Waals surface area contributed by atoms with Gasteiger partial charge in [-0.2, -0.15) is 0 Å². The number of guanidine groups is 1. The molecule has 0 bridgehead atoms. The van der Waals surface area contributed by atoms with E-state index in [0.717, 1.165) is 67.9 Å². The molecule has 1 fully saturated rings. The molecular formula is C22H28ClN7. The summed E-state index contributed by atoms with van der Waals surface area (Å²) >= 11 is 5.98. The van der Waals surface area contributed by atoms with E-state index in [4.69, 9.17) is 11.6 Å². The zero-order valence-corrected chi connectivity index (χ0v) is 18.0. The SMILES string of the molecule is CN=C(NCCc1nnc2ccccn12)NC1CCN(Cc2ccc(Cl)cc2)CC1. The Labute approximate surface area is 182 Å². The lowest BCUT2D eigenvalue weighted by atomic mass is 10.0. The number of piperidine rings is 1. The summed E-state index contributed by atoms with van der Waals surface area (Å²) in [5.41, 5.74) is 2.18. The fourth-order valence-corrected chi connectivity index (χ4v) is 3.95. The molecule has 8 heteroatoms. The molecule has 4 rings (SSSR count). The number of hydrogen-bond donors (Lipinski definition) is 2. The van der Waals surface area contributed by atoms with Crippen LogP contribution in [0.25, 0.3) is 5.65 Å². The average molecular weight is 426 g/mol. The molecule has 30 heavy (non-hydrogen) atoms. The second-order valence-corrected chi connectivity index (χ2v) is 8.05. The lowest BCUT2D eigenvalue weighted by Crippen LogP contribution is -2.48. The molecule has 1 aliphatic heterocycles. The minimum Gasteiger partial charge on any atom is -0.356 e. The van der Waals surface area contributed by atoms with E-state index in [1.807, 2.05) is 48.0 Å². The third-order valence-corrected chi connectivity index (χ3v) is 5.75. The molecule has 0 spiro atoms. The van der Waals surface area contributed by atoms with Crippen LogP contribution in [0.4, 0.5) is 0 Å². The van der Waals surface area contributed by atoms with Crippen LogP contribution in [0.2, 0.25) is 5.02 Å². The molecule has 2 N–H and O–H groups in total. The number of aliphatic imine (C=N–C) groups is 1. The second-order valence-electron chi connectivity index (χ2n) is 7.62. The molecular weight excluding hydrogens is 398 g/mol. The van der Waals surface area contributed by atoms with Gasteiger partial charge in [0.2, 0.25) is 0 Å². The van der Waals surface area contributed by atoms with Gasteiger partial charge in [-0.25, -0.2) is 0 Å². The van der Waals surface area contributed by atoms with Gasteiger partial charge in [0, 0.05) is 56.9 Å². The maximum absolute atomic E-state index is 5.98. The molecule has 3 heterocycles. The number of likely N-dealkylation sites (tertiary alicyclic amines) is 1. The van der Waals surface area contributed by atoms with E-state index in [9.17, 15) is 0 Å². The smallest absolute Gasteiger partial charge is 0.191 e. The highest BCUT2D eigenvalue weighted by Crippen LogP contribution is 2.16. The first-order valence-electron chi connectivity index (χ1n) is 10.4. The van der Waals surface area contributed by atoms with Crippen molar-refractivity contribution in [1.29, 1.82) is 0 Å². The zero-order valence-electron chi connectivity index (χ0n) is 17.3. The summed E-state index contributed by atoms with van der Waals surface area (Å²) in [5.74, 6) is 1.80. The van der Waals surface area contributed by atoms with E-state index in [-0.39, 0.29) is 0 Å². The molecule has 0 saturated carbocycles. The first-order chi connectivity index (χ1) is 14.7. The van der Waals surface area contributed by atoms with Crippen molar-refractivity contribution in [1.82, 2.24) is 30.1 Å². The topological polar surface area (TPSA) is 69.8 Å². The van der Waals surface area contributed by atoms with Gasteiger partial charge in [0.15, 0.2) is 11.6 Å². The molecule has 0 aliphatic carbocycles. The highest BCUT2D eigenvalue weighted by Gasteiger charge is 2.20. The Morgan fingerprint density at radius 2 is 1.93 bits per heavy atom. The van der Waals surface area contributed by atoms with Crippen molar-refractivity contribution in [2.45, 2.75) is 31.8 Å². The summed E-state index contributed by atoms with van der Waals surface area (Å²) < 4.78 is 2.02. The van der Waals surface area contributed by atoms with E-state index in [1.165, 1.54) is 5.56 Å². The number of hydrogen-bond acceptors (Lipinski definition) is 4. The van der Waals surface area contributed by atoms with Crippen LogP contribution in [0.3, 0.4) is 0 Å². The Balaban J connectivity index is 1.20. The third kappa shape index (κ3) is 5.29. The van der Waals surface area contributed by atoms with Gasteiger partial charge < -0.3 is 10.6 Å². The first-order valence-corrected chi connectivity index (χ1v) is 10.8. The lowest BCUT2D eigenvalue weighted by molar-refractivity contribution is 0.198. The standard InChI is InChI=1S/C22H28ClN7/c1-24-22(25-12-9-21-28-27-20-4-2-3-13-30(20)21)26-19-10-14-29(15-11-19)16-17-5-7-18(23)8-6-17/h2-8,13,19H,9-12,14-16H2,1H3,(H2,24,25,26). The number of pyridine rings is 1. The minimum atomic E-state index is 0.437. The van der Waals surface area contributed by atoms with Gasteiger partial charge in [-0.1, -0.05) is 29.8 Å². The van der Waals surface area contributed by atoms with E-state index in [2.05, 4.69) is 42.9 Å². The van der Waals surface area contributed by atoms with Crippen molar-refractivity contribution >= 4 is 23.2 Å². The number of nitrogens with one attached hydrogen (secondary N) is 2. The van der Waals surface area contributed by atoms with Crippen molar-refractivity contribution in [2.75, 3.05) is 26.7 Å². The fraction of sp³-hybridized carbons (Fsp3) is 0.409. The largest absolute Gasteiger partial charge is 0.356 e. The summed E-state index contributed by atoms with van der Waals surface area (Å²) in [6, 6.07) is 14.5. The summed E-state index contributed by atoms with van der Waals surface area (Å²) in [6.45, 7) is 3.87. The molecule has 2 aromatic heterocycles. The molecule has 7 nitrogen and oxygen atoms in total. The molecule has 0 radical (unpaired) electrons. The Morgan fingerprint density at radius 3 is 2.70 bits per heavy atom. The van der Waals surface area contributed by atoms with Crippen LogP contribution >= 0.6 is 11.6 Å². The van der Waals surface area contributed by atoms with E-state index in [0.29, 0.717) is 6.04 Å². The number of halogens is 1. The maximum Gasteiger partial charge on any atom is 0.191 e. The summed E-state index contributed by atoms with van der Waals surface area (Å²) in [4.78, 5) is 6.88. The molecule has 0 unspecified atom stereocenters. The Bertz CT molecular complexity index is 975. The number of nitrogens with zero attached hydrogens (tertiary/aromatic N) is 5. The van der Waals surface area contributed by atoms with Crippen molar-refractivity contribution in [3.8, 4) is 0 Å². The molecule has 1 saturated heterocycles. The Kier molecular flexibility index (Phi) is 6.81. The number of fused-ring (bicyclic) bond motifs is 1. The number of benzene rings is 1. The third-order valence-electron chi connectivity index (χ3n) is 5.50. The van der Waals surface area contributed by atoms with E-state index in [1.54, 1.807) is 0 Å². The van der Waals surface area contributed by atoms with Gasteiger partial charge in [0.05, 0.1) is 0 Å². The van der Waals surface area contributed by atoms with Crippen molar-refractivity contribution < 1.29 is 0 Å². The van der Waals surface area contributed by atoms with E-state index < -0.39 is 0 Å². The van der Waals surface area contributed by atoms with Gasteiger partial charge in [-0.15, -0.1) is 10.2 Å². The molecule has 158 valence electrons. The van der Waals surface area contributed by atoms with Crippen LogP contribution in [-0.2, 0) is 13.0 Å². The number of aromatic nitrogens is 3. The monoisotopic (exact) mass is 425 g/mol. The maximum atomic E-state index is 5.98. The summed E-state index contributed by atoms with van der Waals surface area (Å²) in [6.07, 6.45) is 4.98. The van der Waals surface area contributed by atoms with Crippen molar-refractivity contribution in [3.63, 3.8) is 0 Å². The fourth-order valence-electron chi connectivity index (χ4n) is 3.83. The van der Waals surface area contributed by atoms with Crippen LogP contribution < -0.4 is 10.6 Å². The Morgan fingerprint density at radius 1 is 1.13 bits per heavy atom. The minimum absolute atomic E-state index is 0.437. The van der Waals surface area contributed by atoms with Crippen LogP contribution in [-0.4, -0.2) is 58.2 Å². The molecule has 1 aliphatic rings. The highest BCUT2D eigenvalue weighted by molar-refractivity contribution is 6.30. The Hall–Kier alpha value is -2.64. The zero-order chi connectivity index (χ0) is 20.8. The summed E-state index contributed by atoms with van der Waals surface area (Å²) in [5, 5.41) is 16.2. The second kappa shape index (κ2) is 9.91. The molecule has 0 atom stereocenters. The van der Waals surface area contributed by atoms with Crippen LogP contribution in [0.1, 0.15) is 24.2 Å². The van der Waals surface area contributed by atoms with Crippen molar-refractivity contribution in [3.05, 3.63) is 65.1 Å². The highest BCUT2D eigenvalue weighted by atomic mass is 35.5. The normalized spacial score (nSPS) is 16.1. The van der Waals surface area contributed by atoms with Gasteiger partial charge >= 0.3 is 0 Å². The van der Waals surface area contributed by atoms with Crippen molar-refractivity contribution in [2.24, 2.45) is 4.99 Å².